The van der Waals surface area contributed by atoms with Crippen LogP contribution < -0.4 is 10.9 Å². The molecule has 4 rings (SSSR count). The first-order valence-electron chi connectivity index (χ1n) is 9.66. The van der Waals surface area contributed by atoms with Crippen molar-refractivity contribution in [2.45, 2.75) is 12.6 Å². The van der Waals surface area contributed by atoms with E-state index in [1.54, 1.807) is 36.4 Å². The second-order valence-corrected chi connectivity index (χ2v) is 7.03. The van der Waals surface area contributed by atoms with Gasteiger partial charge in [0.05, 0.1) is 5.69 Å². The van der Waals surface area contributed by atoms with E-state index in [2.05, 4.69) is 10.4 Å². The van der Waals surface area contributed by atoms with Crippen molar-refractivity contribution in [2.24, 2.45) is 0 Å². The summed E-state index contributed by atoms with van der Waals surface area (Å²) in [6.45, 7) is -0.392. The summed E-state index contributed by atoms with van der Waals surface area (Å²) in [4.78, 5) is 36.3. The average molecular weight is 413 g/mol. The molecule has 0 bridgehead atoms. The van der Waals surface area contributed by atoms with Crippen LogP contribution in [-0.2, 0) is 16.1 Å². The molecule has 0 aliphatic rings. The van der Waals surface area contributed by atoms with Crippen molar-refractivity contribution in [3.63, 3.8) is 0 Å². The molecule has 0 saturated carbocycles. The number of nitrogens with zero attached hydrogens (tertiary/aromatic N) is 2. The lowest BCUT2D eigenvalue weighted by molar-refractivity contribution is -0.142. The number of aromatic nitrogens is 2. The Morgan fingerprint density at radius 1 is 0.903 bits per heavy atom. The number of hydrogen-bond donors (Lipinski definition) is 2. The highest BCUT2D eigenvalue weighted by Gasteiger charge is 2.22. The van der Waals surface area contributed by atoms with E-state index in [-0.39, 0.29) is 0 Å². The van der Waals surface area contributed by atoms with E-state index in [1.165, 1.54) is 6.07 Å². The van der Waals surface area contributed by atoms with Crippen molar-refractivity contribution >= 4 is 22.6 Å². The van der Waals surface area contributed by atoms with Crippen LogP contribution in [0.1, 0.15) is 11.6 Å². The second-order valence-electron chi connectivity index (χ2n) is 7.03. The van der Waals surface area contributed by atoms with Crippen molar-refractivity contribution in [3.8, 4) is 11.3 Å². The minimum atomic E-state index is -1.21. The third-order valence-electron chi connectivity index (χ3n) is 4.89. The van der Waals surface area contributed by atoms with Crippen molar-refractivity contribution in [2.75, 3.05) is 0 Å². The van der Waals surface area contributed by atoms with E-state index in [4.69, 9.17) is 0 Å². The smallest absolute Gasteiger partial charge is 0.330 e. The van der Waals surface area contributed by atoms with Crippen molar-refractivity contribution < 1.29 is 14.7 Å². The summed E-state index contributed by atoms with van der Waals surface area (Å²) in [6, 6.07) is 23.8. The number of aliphatic carboxylic acids is 1. The number of fused-ring (bicyclic) bond motifs is 1. The van der Waals surface area contributed by atoms with Gasteiger partial charge in [-0.05, 0) is 28.5 Å². The first kappa shape index (κ1) is 20.0. The highest BCUT2D eigenvalue weighted by Crippen LogP contribution is 2.22. The average Bonchev–Trinajstić information content (AvgIpc) is 2.79. The van der Waals surface area contributed by atoms with E-state index in [1.807, 2.05) is 42.5 Å². The highest BCUT2D eigenvalue weighted by molar-refractivity contribution is 5.87. The largest absolute Gasteiger partial charge is 0.479 e. The fourth-order valence-corrected chi connectivity index (χ4v) is 3.34. The maximum atomic E-state index is 12.5. The first-order chi connectivity index (χ1) is 15.0. The topological polar surface area (TPSA) is 101 Å². The lowest BCUT2D eigenvalue weighted by Crippen LogP contribution is -2.38. The predicted octanol–water partition coefficient (Wildman–Crippen LogP) is 3.01. The van der Waals surface area contributed by atoms with Gasteiger partial charge in [0, 0.05) is 11.6 Å². The van der Waals surface area contributed by atoms with E-state index >= 15 is 0 Å². The number of hydrogen-bond acceptors (Lipinski definition) is 4. The molecule has 1 amide bonds. The molecular weight excluding hydrogens is 394 g/mol. The third kappa shape index (κ3) is 4.51. The number of carboxylic acids is 1. The number of amides is 1. The zero-order valence-electron chi connectivity index (χ0n) is 16.4. The molecule has 1 atom stereocenters. The summed E-state index contributed by atoms with van der Waals surface area (Å²) in [7, 11) is 0. The van der Waals surface area contributed by atoms with E-state index in [0.717, 1.165) is 21.0 Å². The standard InChI is InChI=1S/C24H19N3O4/c28-21(25-23(24(30)31)17-7-2-1-3-8-17)15-27-22(29)13-12-20(26-27)19-11-10-16-6-4-5-9-18(16)14-19/h1-14,23H,15H2,(H,25,28)(H,30,31)/t23-/m1/s1. The molecule has 2 N–H and O–H groups in total. The Bertz CT molecular complexity index is 1320. The van der Waals surface area contributed by atoms with E-state index < -0.39 is 30.0 Å². The molecule has 31 heavy (non-hydrogen) atoms. The second kappa shape index (κ2) is 8.62. The normalized spacial score (nSPS) is 11.7. The van der Waals surface area contributed by atoms with Gasteiger partial charge in [0.1, 0.15) is 6.54 Å². The minimum absolute atomic E-state index is 0.392. The Kier molecular flexibility index (Phi) is 5.57. The van der Waals surface area contributed by atoms with Gasteiger partial charge in [-0.1, -0.05) is 66.7 Å². The lowest BCUT2D eigenvalue weighted by atomic mass is 10.1. The molecule has 1 aromatic heterocycles. The van der Waals surface area contributed by atoms with E-state index in [0.29, 0.717) is 11.3 Å². The SMILES string of the molecule is O=C(Cn1nc(-c2ccc3ccccc3c2)ccc1=O)N[C@@H](C(=O)O)c1ccccc1. The van der Waals surface area contributed by atoms with Crippen molar-refractivity contribution in [1.82, 2.24) is 15.1 Å². The molecule has 0 aliphatic carbocycles. The van der Waals surface area contributed by atoms with Crippen LogP contribution >= 0.6 is 0 Å². The molecular formula is C24H19N3O4. The number of carbonyl (C=O) groups is 2. The first-order valence-corrected chi connectivity index (χ1v) is 9.66. The number of carbonyl (C=O) groups excluding carboxylic acids is 1. The van der Waals surface area contributed by atoms with Gasteiger partial charge in [-0.15, -0.1) is 0 Å². The minimum Gasteiger partial charge on any atom is -0.479 e. The third-order valence-corrected chi connectivity index (χ3v) is 4.89. The Morgan fingerprint density at radius 3 is 2.35 bits per heavy atom. The molecule has 7 heteroatoms. The molecule has 7 nitrogen and oxygen atoms in total. The molecule has 0 saturated heterocycles. The van der Waals surface area contributed by atoms with Gasteiger partial charge >= 0.3 is 5.97 Å². The molecule has 0 unspecified atom stereocenters. The molecule has 0 fully saturated rings. The number of rotatable bonds is 6. The summed E-state index contributed by atoms with van der Waals surface area (Å²) in [5.74, 6) is -1.81. The summed E-state index contributed by atoms with van der Waals surface area (Å²) < 4.78 is 1.03. The van der Waals surface area contributed by atoms with Crippen LogP contribution in [0.5, 0.6) is 0 Å². The zero-order valence-corrected chi connectivity index (χ0v) is 16.4. The van der Waals surface area contributed by atoms with Gasteiger partial charge < -0.3 is 10.4 Å². The maximum Gasteiger partial charge on any atom is 0.330 e. The van der Waals surface area contributed by atoms with Gasteiger partial charge in [-0.25, -0.2) is 9.48 Å². The summed E-state index contributed by atoms with van der Waals surface area (Å²) >= 11 is 0. The summed E-state index contributed by atoms with van der Waals surface area (Å²) in [5, 5.41) is 18.4. The molecule has 1 heterocycles. The van der Waals surface area contributed by atoms with Crippen LogP contribution in [0.15, 0.2) is 89.7 Å². The Hall–Kier alpha value is -4.26. The Morgan fingerprint density at radius 2 is 1.61 bits per heavy atom. The van der Waals surface area contributed by atoms with Crippen LogP contribution in [-0.4, -0.2) is 26.8 Å². The molecule has 3 aromatic carbocycles. The van der Waals surface area contributed by atoms with Gasteiger partial charge in [-0.3, -0.25) is 9.59 Å². The Balaban J connectivity index is 1.57. The van der Waals surface area contributed by atoms with Gasteiger partial charge in [0.15, 0.2) is 6.04 Å². The number of benzene rings is 3. The zero-order chi connectivity index (χ0) is 21.8. The quantitative estimate of drug-likeness (QED) is 0.506. The molecule has 0 aliphatic heterocycles. The van der Waals surface area contributed by atoms with Crippen LogP contribution in [0.4, 0.5) is 0 Å². The highest BCUT2D eigenvalue weighted by atomic mass is 16.4. The fourth-order valence-electron chi connectivity index (χ4n) is 3.34. The van der Waals surface area contributed by atoms with Crippen molar-refractivity contribution in [1.29, 1.82) is 0 Å². The summed E-state index contributed by atoms with van der Waals surface area (Å²) in [6.07, 6.45) is 0. The number of carboxylic acid groups (broad SMARTS) is 1. The van der Waals surface area contributed by atoms with Crippen LogP contribution in [0.25, 0.3) is 22.0 Å². The van der Waals surface area contributed by atoms with Gasteiger partial charge in [-0.2, -0.15) is 5.10 Å². The van der Waals surface area contributed by atoms with Gasteiger partial charge in [0.2, 0.25) is 5.91 Å². The van der Waals surface area contributed by atoms with E-state index in [9.17, 15) is 19.5 Å². The monoisotopic (exact) mass is 413 g/mol. The lowest BCUT2D eigenvalue weighted by Gasteiger charge is -2.15. The maximum absolute atomic E-state index is 12.5. The predicted molar refractivity (Wildman–Crippen MR) is 116 cm³/mol. The van der Waals surface area contributed by atoms with Crippen LogP contribution in [0.3, 0.4) is 0 Å². The van der Waals surface area contributed by atoms with Gasteiger partial charge in [0.25, 0.3) is 5.56 Å². The molecule has 154 valence electrons. The number of nitrogens with one attached hydrogen (secondary N) is 1. The molecule has 0 spiro atoms. The Labute approximate surface area is 177 Å². The van der Waals surface area contributed by atoms with Crippen LogP contribution in [0, 0.1) is 0 Å². The summed E-state index contributed by atoms with van der Waals surface area (Å²) in [5.41, 5.74) is 1.33. The molecule has 0 radical (unpaired) electrons. The van der Waals surface area contributed by atoms with Crippen LogP contribution in [0.2, 0.25) is 0 Å². The van der Waals surface area contributed by atoms with Crippen molar-refractivity contribution in [3.05, 3.63) is 101 Å². The fraction of sp³-hybridized carbons (Fsp3) is 0.0833. The molecule has 4 aromatic rings.